The number of nitrogens with one attached hydrogen (secondary N) is 1. The van der Waals surface area contributed by atoms with Gasteiger partial charge in [-0.15, -0.1) is 5.69 Å². The van der Waals surface area contributed by atoms with E-state index in [-0.39, 0.29) is 0 Å². The highest BCUT2D eigenvalue weighted by Gasteiger charge is 1.86. The maximum Gasteiger partial charge on any atom is -0.0185 e. The molecule has 0 bridgehead atoms. The van der Waals surface area contributed by atoms with Crippen molar-refractivity contribution in [3.05, 3.63) is 48.2 Å². The van der Waals surface area contributed by atoms with Crippen LogP contribution in [0.4, 0.5) is 5.69 Å². The summed E-state index contributed by atoms with van der Waals surface area (Å²) in [5.41, 5.74) is 7.95. The summed E-state index contributed by atoms with van der Waals surface area (Å²) < 4.78 is 0. The third kappa shape index (κ3) is 1.05. The van der Waals surface area contributed by atoms with Gasteiger partial charge in [-0.1, -0.05) is 42.5 Å². The van der Waals surface area contributed by atoms with E-state index >= 15 is 0 Å². The van der Waals surface area contributed by atoms with Crippen molar-refractivity contribution >= 4 is 16.5 Å². The lowest BCUT2D eigenvalue weighted by Crippen LogP contribution is -1.68. The highest BCUT2D eigenvalue weighted by Crippen LogP contribution is 2.19. The van der Waals surface area contributed by atoms with Crippen molar-refractivity contribution in [1.82, 2.24) is 0 Å². The third-order valence-corrected chi connectivity index (χ3v) is 1.75. The van der Waals surface area contributed by atoms with E-state index in [9.17, 15) is 0 Å². The quantitative estimate of drug-likeness (QED) is 0.537. The SMILES string of the molecule is [NH-]c1ccc2ccccc2c1. The number of hydrogen-bond donors (Lipinski definition) is 0. The first kappa shape index (κ1) is 6.23. The highest BCUT2D eigenvalue weighted by atomic mass is 14.5. The molecule has 1 nitrogen and oxygen atoms in total. The summed E-state index contributed by atoms with van der Waals surface area (Å²) in [7, 11) is 0. The Morgan fingerprint density at radius 3 is 2.36 bits per heavy atom. The lowest BCUT2D eigenvalue weighted by atomic mass is 10.1. The average Bonchev–Trinajstić information content (AvgIpc) is 2.04. The second kappa shape index (κ2) is 2.27. The maximum atomic E-state index is 7.38. The molecule has 0 saturated carbocycles. The predicted octanol–water partition coefficient (Wildman–Crippen LogP) is 3.52. The molecule has 54 valence electrons. The molecule has 0 unspecified atom stereocenters. The molecule has 0 saturated heterocycles. The molecule has 0 spiro atoms. The van der Waals surface area contributed by atoms with Crippen molar-refractivity contribution in [1.29, 1.82) is 0 Å². The minimum atomic E-state index is 0.573. The Bertz CT molecular complexity index is 379. The van der Waals surface area contributed by atoms with Crippen LogP contribution in [0.3, 0.4) is 0 Å². The van der Waals surface area contributed by atoms with E-state index in [1.54, 1.807) is 0 Å². The van der Waals surface area contributed by atoms with Crippen LogP contribution in [0.2, 0.25) is 0 Å². The summed E-state index contributed by atoms with van der Waals surface area (Å²) in [4.78, 5) is 0. The van der Waals surface area contributed by atoms with E-state index in [4.69, 9.17) is 5.73 Å². The monoisotopic (exact) mass is 142 g/mol. The summed E-state index contributed by atoms with van der Waals surface area (Å²) in [5.74, 6) is 0. The molecular weight excluding hydrogens is 134 g/mol. The first-order chi connectivity index (χ1) is 5.36. The van der Waals surface area contributed by atoms with Gasteiger partial charge in [-0.2, -0.15) is 0 Å². The van der Waals surface area contributed by atoms with Crippen molar-refractivity contribution < 1.29 is 0 Å². The number of hydrogen-bond acceptors (Lipinski definition) is 0. The van der Waals surface area contributed by atoms with Gasteiger partial charge in [0.05, 0.1) is 0 Å². The van der Waals surface area contributed by atoms with Gasteiger partial charge in [-0.05, 0) is 10.8 Å². The fraction of sp³-hybridized carbons (Fsp3) is 0. The van der Waals surface area contributed by atoms with E-state index in [2.05, 4.69) is 6.07 Å². The Balaban J connectivity index is 2.83. The number of fused-ring (bicyclic) bond motifs is 1. The van der Waals surface area contributed by atoms with E-state index in [0.717, 1.165) is 5.39 Å². The van der Waals surface area contributed by atoms with Crippen LogP contribution in [-0.2, 0) is 0 Å². The van der Waals surface area contributed by atoms with Gasteiger partial charge in [0.15, 0.2) is 0 Å². The van der Waals surface area contributed by atoms with Crippen LogP contribution in [0.25, 0.3) is 16.5 Å². The lowest BCUT2D eigenvalue weighted by molar-refractivity contribution is 1.76. The molecule has 11 heavy (non-hydrogen) atoms. The zero-order valence-electron chi connectivity index (χ0n) is 6.04. The average molecular weight is 142 g/mol. The second-order valence-corrected chi connectivity index (χ2v) is 2.56. The van der Waals surface area contributed by atoms with Crippen LogP contribution in [0, 0.1) is 0 Å². The highest BCUT2D eigenvalue weighted by molar-refractivity contribution is 5.85. The molecule has 2 aromatic carbocycles. The van der Waals surface area contributed by atoms with Crippen LogP contribution in [0.15, 0.2) is 42.5 Å². The normalized spacial score (nSPS) is 10.2. The van der Waals surface area contributed by atoms with Crippen molar-refractivity contribution in [2.75, 3.05) is 0 Å². The van der Waals surface area contributed by atoms with Gasteiger partial charge >= 0.3 is 0 Å². The number of benzene rings is 2. The summed E-state index contributed by atoms with van der Waals surface area (Å²) in [6, 6.07) is 13.7. The molecule has 0 aromatic heterocycles. The molecular formula is C10H8N-. The van der Waals surface area contributed by atoms with E-state index in [0.29, 0.717) is 5.69 Å². The topological polar surface area (TPSA) is 23.8 Å². The van der Waals surface area contributed by atoms with Gasteiger partial charge in [0.2, 0.25) is 0 Å². The smallest absolute Gasteiger partial charge is 0.0185 e. The molecule has 0 aliphatic carbocycles. The molecule has 0 aliphatic heterocycles. The zero-order chi connectivity index (χ0) is 7.68. The molecule has 2 rings (SSSR count). The fourth-order valence-corrected chi connectivity index (χ4v) is 1.19. The zero-order valence-corrected chi connectivity index (χ0v) is 6.04. The first-order valence-electron chi connectivity index (χ1n) is 3.57. The van der Waals surface area contributed by atoms with Crippen LogP contribution in [0.1, 0.15) is 0 Å². The number of rotatable bonds is 0. The van der Waals surface area contributed by atoms with Crippen LogP contribution < -0.4 is 0 Å². The Morgan fingerprint density at radius 2 is 1.55 bits per heavy atom. The predicted molar refractivity (Wildman–Crippen MR) is 47.9 cm³/mol. The van der Waals surface area contributed by atoms with Crippen molar-refractivity contribution in [2.45, 2.75) is 0 Å². The van der Waals surface area contributed by atoms with Crippen LogP contribution in [0.5, 0.6) is 0 Å². The Morgan fingerprint density at radius 1 is 0.818 bits per heavy atom. The third-order valence-electron chi connectivity index (χ3n) is 1.75. The molecule has 1 heteroatoms. The van der Waals surface area contributed by atoms with Crippen LogP contribution >= 0.6 is 0 Å². The summed E-state index contributed by atoms with van der Waals surface area (Å²) in [6.07, 6.45) is 0. The van der Waals surface area contributed by atoms with E-state index < -0.39 is 0 Å². The van der Waals surface area contributed by atoms with Gasteiger partial charge in [-0.25, -0.2) is 0 Å². The lowest BCUT2D eigenvalue weighted by Gasteiger charge is -2.03. The molecule has 2 aromatic rings. The van der Waals surface area contributed by atoms with Gasteiger partial charge in [0.25, 0.3) is 0 Å². The molecule has 0 fully saturated rings. The summed E-state index contributed by atoms with van der Waals surface area (Å²) >= 11 is 0. The first-order valence-corrected chi connectivity index (χ1v) is 3.57. The molecule has 0 atom stereocenters. The fourth-order valence-electron chi connectivity index (χ4n) is 1.19. The van der Waals surface area contributed by atoms with Crippen LogP contribution in [-0.4, -0.2) is 0 Å². The minimum Gasteiger partial charge on any atom is -0.699 e. The van der Waals surface area contributed by atoms with Crippen molar-refractivity contribution in [3.63, 3.8) is 0 Å². The second-order valence-electron chi connectivity index (χ2n) is 2.56. The van der Waals surface area contributed by atoms with E-state index in [1.807, 2.05) is 36.4 Å². The van der Waals surface area contributed by atoms with Crippen molar-refractivity contribution in [3.8, 4) is 0 Å². The minimum absolute atomic E-state index is 0.573. The molecule has 0 aliphatic rings. The molecule has 0 heterocycles. The van der Waals surface area contributed by atoms with Gasteiger partial charge in [0, 0.05) is 0 Å². The maximum absolute atomic E-state index is 7.38. The van der Waals surface area contributed by atoms with Gasteiger partial charge in [-0.3, -0.25) is 0 Å². The molecule has 1 N–H and O–H groups in total. The largest absolute Gasteiger partial charge is 0.699 e. The summed E-state index contributed by atoms with van der Waals surface area (Å²) in [6.45, 7) is 0. The van der Waals surface area contributed by atoms with Gasteiger partial charge in [0.1, 0.15) is 0 Å². The van der Waals surface area contributed by atoms with Crippen molar-refractivity contribution in [2.24, 2.45) is 0 Å². The van der Waals surface area contributed by atoms with Gasteiger partial charge < -0.3 is 5.73 Å². The Labute approximate surface area is 65.5 Å². The standard InChI is InChI=1S/C10H8N/c11-10-6-5-8-3-1-2-4-9(8)7-10/h1-7,11H/q-1. The molecule has 0 radical (unpaired) electrons. The Kier molecular flexibility index (Phi) is 1.29. The summed E-state index contributed by atoms with van der Waals surface area (Å²) in [5, 5.41) is 2.34. The van der Waals surface area contributed by atoms with E-state index in [1.165, 1.54) is 5.39 Å². The molecule has 0 amide bonds. The Hall–Kier alpha value is -1.50.